The molecular formula is C12H16N4O2. The van der Waals surface area contributed by atoms with Gasteiger partial charge in [-0.25, -0.2) is 4.98 Å². The Kier molecular flexibility index (Phi) is 5.24. The molecule has 0 bridgehead atoms. The fraction of sp³-hybridized carbons (Fsp3) is 0.417. The Morgan fingerprint density at radius 2 is 2.33 bits per heavy atom. The van der Waals surface area contributed by atoms with Crippen LogP contribution in [0.4, 0.5) is 0 Å². The lowest BCUT2D eigenvalue weighted by atomic mass is 10.2. The van der Waals surface area contributed by atoms with E-state index in [1.165, 1.54) is 18.3 Å². The van der Waals surface area contributed by atoms with Gasteiger partial charge >= 0.3 is 0 Å². The number of amides is 1. The largest absolute Gasteiger partial charge is 0.390 e. The summed E-state index contributed by atoms with van der Waals surface area (Å²) < 4.78 is 0. The van der Waals surface area contributed by atoms with Gasteiger partial charge in [0.1, 0.15) is 11.8 Å². The number of hydrogen-bond acceptors (Lipinski definition) is 5. The number of pyridine rings is 1. The van der Waals surface area contributed by atoms with Crippen LogP contribution >= 0.6 is 0 Å². The van der Waals surface area contributed by atoms with Crippen LogP contribution in [0.3, 0.4) is 0 Å². The third-order valence-electron chi connectivity index (χ3n) is 2.21. The van der Waals surface area contributed by atoms with Crippen LogP contribution < -0.4 is 5.32 Å². The van der Waals surface area contributed by atoms with Crippen molar-refractivity contribution in [2.45, 2.75) is 6.10 Å². The average molecular weight is 248 g/mol. The Hall–Kier alpha value is -1.97. The van der Waals surface area contributed by atoms with E-state index in [1.54, 1.807) is 0 Å². The molecular weight excluding hydrogens is 232 g/mol. The molecule has 0 fully saturated rings. The topological polar surface area (TPSA) is 89.2 Å². The Morgan fingerprint density at radius 1 is 1.61 bits per heavy atom. The number of nitrogens with zero attached hydrogens (tertiary/aromatic N) is 3. The number of nitrogens with one attached hydrogen (secondary N) is 1. The highest BCUT2D eigenvalue weighted by Crippen LogP contribution is 1.99. The van der Waals surface area contributed by atoms with Gasteiger partial charge in [0.2, 0.25) is 0 Å². The van der Waals surface area contributed by atoms with Crippen molar-refractivity contribution in [3.05, 3.63) is 29.6 Å². The number of nitriles is 1. The van der Waals surface area contributed by atoms with Crippen LogP contribution in [0, 0.1) is 11.3 Å². The number of aromatic nitrogens is 1. The number of rotatable bonds is 5. The van der Waals surface area contributed by atoms with Crippen LogP contribution in [0.2, 0.25) is 0 Å². The first kappa shape index (κ1) is 14.1. The van der Waals surface area contributed by atoms with Gasteiger partial charge in [0.15, 0.2) is 0 Å². The summed E-state index contributed by atoms with van der Waals surface area (Å²) in [6.45, 7) is 0.656. The van der Waals surface area contributed by atoms with Crippen molar-refractivity contribution >= 4 is 5.91 Å². The normalized spacial score (nSPS) is 11.9. The maximum Gasteiger partial charge on any atom is 0.252 e. The second kappa shape index (κ2) is 6.69. The fourth-order valence-electron chi connectivity index (χ4n) is 1.39. The molecule has 1 aromatic rings. The zero-order chi connectivity index (χ0) is 13.5. The van der Waals surface area contributed by atoms with Crippen molar-refractivity contribution in [3.63, 3.8) is 0 Å². The summed E-state index contributed by atoms with van der Waals surface area (Å²) in [5.41, 5.74) is 0.630. The SMILES string of the molecule is CN(C)C[C@H](O)CNC(=O)c1ccc(C#N)nc1. The molecule has 6 nitrogen and oxygen atoms in total. The van der Waals surface area contributed by atoms with Crippen molar-refractivity contribution in [2.24, 2.45) is 0 Å². The van der Waals surface area contributed by atoms with E-state index in [0.29, 0.717) is 12.1 Å². The second-order valence-electron chi connectivity index (χ2n) is 4.17. The van der Waals surface area contributed by atoms with E-state index in [1.807, 2.05) is 25.1 Å². The Bertz CT molecular complexity index is 436. The van der Waals surface area contributed by atoms with Crippen LogP contribution in [-0.2, 0) is 0 Å². The maximum atomic E-state index is 11.7. The molecule has 1 heterocycles. The Balaban J connectivity index is 2.47. The molecule has 1 amide bonds. The first-order valence-electron chi connectivity index (χ1n) is 5.50. The van der Waals surface area contributed by atoms with E-state index in [-0.39, 0.29) is 18.1 Å². The van der Waals surface area contributed by atoms with Crippen LogP contribution in [0.5, 0.6) is 0 Å². The number of aliphatic hydroxyl groups is 1. The van der Waals surface area contributed by atoms with Crippen LogP contribution in [-0.4, -0.2) is 54.2 Å². The molecule has 18 heavy (non-hydrogen) atoms. The van der Waals surface area contributed by atoms with E-state index in [2.05, 4.69) is 10.3 Å². The number of carbonyl (C=O) groups excluding carboxylic acids is 1. The molecule has 96 valence electrons. The van der Waals surface area contributed by atoms with E-state index >= 15 is 0 Å². The molecule has 6 heteroatoms. The maximum absolute atomic E-state index is 11.7. The van der Waals surface area contributed by atoms with Crippen molar-refractivity contribution in [1.29, 1.82) is 5.26 Å². The number of aliphatic hydroxyl groups excluding tert-OH is 1. The first-order valence-corrected chi connectivity index (χ1v) is 5.50. The van der Waals surface area contributed by atoms with Crippen molar-refractivity contribution in [2.75, 3.05) is 27.2 Å². The summed E-state index contributed by atoms with van der Waals surface area (Å²) in [7, 11) is 3.69. The van der Waals surface area contributed by atoms with Gasteiger partial charge in [-0.05, 0) is 26.2 Å². The smallest absolute Gasteiger partial charge is 0.252 e. The third kappa shape index (κ3) is 4.49. The lowest BCUT2D eigenvalue weighted by molar-refractivity contribution is 0.0892. The molecule has 0 aliphatic carbocycles. The summed E-state index contributed by atoms with van der Waals surface area (Å²) >= 11 is 0. The predicted octanol–water partition coefficient (Wildman–Crippen LogP) is -0.394. The molecule has 0 aromatic carbocycles. The van der Waals surface area contributed by atoms with Crippen LogP contribution in [0.15, 0.2) is 18.3 Å². The molecule has 1 atom stereocenters. The fourth-order valence-corrected chi connectivity index (χ4v) is 1.39. The molecule has 0 saturated carbocycles. The van der Waals surface area contributed by atoms with Crippen molar-refractivity contribution in [1.82, 2.24) is 15.2 Å². The minimum atomic E-state index is -0.615. The Labute approximate surface area is 106 Å². The Morgan fingerprint density at radius 3 is 2.83 bits per heavy atom. The van der Waals surface area contributed by atoms with Crippen LogP contribution in [0.1, 0.15) is 16.1 Å². The summed E-state index contributed by atoms with van der Waals surface area (Å²) in [6.07, 6.45) is 0.724. The van der Waals surface area contributed by atoms with Gasteiger partial charge < -0.3 is 15.3 Å². The lowest BCUT2D eigenvalue weighted by Crippen LogP contribution is -2.37. The molecule has 0 saturated heterocycles. The summed E-state index contributed by atoms with van der Waals surface area (Å²) in [5.74, 6) is -0.315. The first-order chi connectivity index (χ1) is 8.52. The summed E-state index contributed by atoms with van der Waals surface area (Å²) in [6, 6.07) is 4.88. The number of likely N-dealkylation sites (N-methyl/N-ethyl adjacent to an activating group) is 1. The average Bonchev–Trinajstić information content (AvgIpc) is 2.35. The zero-order valence-corrected chi connectivity index (χ0v) is 10.4. The third-order valence-corrected chi connectivity index (χ3v) is 2.21. The molecule has 0 unspecified atom stereocenters. The van der Waals surface area contributed by atoms with Gasteiger partial charge in [-0.1, -0.05) is 0 Å². The van der Waals surface area contributed by atoms with E-state index < -0.39 is 6.10 Å². The molecule has 0 aliphatic heterocycles. The highest BCUT2D eigenvalue weighted by atomic mass is 16.3. The molecule has 1 aromatic heterocycles. The summed E-state index contributed by atoms with van der Waals surface area (Å²) in [4.78, 5) is 17.3. The minimum absolute atomic E-state index is 0.178. The molecule has 0 aliphatic rings. The molecule has 0 spiro atoms. The number of carbonyl (C=O) groups is 1. The van der Waals surface area contributed by atoms with Gasteiger partial charge in [0.25, 0.3) is 5.91 Å². The zero-order valence-electron chi connectivity index (χ0n) is 10.4. The second-order valence-corrected chi connectivity index (χ2v) is 4.17. The lowest BCUT2D eigenvalue weighted by Gasteiger charge is -2.16. The molecule has 0 radical (unpaired) electrons. The summed E-state index contributed by atoms with van der Waals surface area (Å²) in [5, 5.41) is 20.8. The standard InChI is InChI=1S/C12H16N4O2/c1-16(2)8-11(17)7-15-12(18)9-3-4-10(5-13)14-6-9/h3-4,6,11,17H,7-8H2,1-2H3,(H,15,18)/t11-/m1/s1. The van der Waals surface area contributed by atoms with E-state index in [4.69, 9.17) is 5.26 Å². The van der Waals surface area contributed by atoms with Gasteiger partial charge in [-0.3, -0.25) is 4.79 Å². The quantitative estimate of drug-likeness (QED) is 0.740. The predicted molar refractivity (Wildman–Crippen MR) is 65.8 cm³/mol. The minimum Gasteiger partial charge on any atom is -0.390 e. The van der Waals surface area contributed by atoms with Gasteiger partial charge in [0, 0.05) is 19.3 Å². The number of hydrogen-bond donors (Lipinski definition) is 2. The van der Waals surface area contributed by atoms with E-state index in [9.17, 15) is 9.90 Å². The van der Waals surface area contributed by atoms with Crippen LogP contribution in [0.25, 0.3) is 0 Å². The van der Waals surface area contributed by atoms with Gasteiger partial charge in [-0.15, -0.1) is 0 Å². The van der Waals surface area contributed by atoms with Gasteiger partial charge in [0.05, 0.1) is 11.7 Å². The highest BCUT2D eigenvalue weighted by molar-refractivity contribution is 5.93. The van der Waals surface area contributed by atoms with Crippen molar-refractivity contribution < 1.29 is 9.90 Å². The van der Waals surface area contributed by atoms with E-state index in [0.717, 1.165) is 0 Å². The molecule has 1 rings (SSSR count). The highest BCUT2D eigenvalue weighted by Gasteiger charge is 2.10. The van der Waals surface area contributed by atoms with Gasteiger partial charge in [-0.2, -0.15) is 5.26 Å². The van der Waals surface area contributed by atoms with Crippen molar-refractivity contribution in [3.8, 4) is 6.07 Å². The molecule has 2 N–H and O–H groups in total. The monoisotopic (exact) mass is 248 g/mol.